The van der Waals surface area contributed by atoms with Gasteiger partial charge in [-0.05, 0) is 50.2 Å². The molecule has 5 aromatic rings. The third-order valence-corrected chi connectivity index (χ3v) is 7.79. The minimum absolute atomic E-state index is 0.0686. The second kappa shape index (κ2) is 9.21. The number of aromatic nitrogens is 6. The number of nitrogens with zero attached hydrogens (tertiary/aromatic N) is 6. The molecule has 7 rings (SSSR count). The highest BCUT2D eigenvalue weighted by Gasteiger charge is 2.25. The molecular formula is C28H29N9O. The molecule has 0 bridgehead atoms. The predicted molar refractivity (Wildman–Crippen MR) is 148 cm³/mol. The largest absolute Gasteiger partial charge is 0.368 e. The second-order valence-corrected chi connectivity index (χ2v) is 10.3. The van der Waals surface area contributed by atoms with Gasteiger partial charge >= 0.3 is 0 Å². The van der Waals surface area contributed by atoms with Gasteiger partial charge in [0.1, 0.15) is 16.9 Å². The van der Waals surface area contributed by atoms with E-state index < -0.39 is 0 Å². The van der Waals surface area contributed by atoms with Gasteiger partial charge in [-0.2, -0.15) is 5.10 Å². The van der Waals surface area contributed by atoms with Gasteiger partial charge < -0.3 is 20.1 Å². The quantitative estimate of drug-likeness (QED) is 0.328. The maximum absolute atomic E-state index is 12.4. The van der Waals surface area contributed by atoms with Gasteiger partial charge in [0.15, 0.2) is 0 Å². The zero-order valence-electron chi connectivity index (χ0n) is 21.2. The van der Waals surface area contributed by atoms with Crippen LogP contribution in [0.1, 0.15) is 19.3 Å². The van der Waals surface area contributed by atoms with Crippen molar-refractivity contribution in [1.82, 2.24) is 35.0 Å². The predicted octanol–water partition coefficient (Wildman–Crippen LogP) is 4.05. The number of H-pyrrole nitrogens is 2. The molecule has 2 aliphatic rings. The first kappa shape index (κ1) is 22.9. The van der Waals surface area contributed by atoms with Gasteiger partial charge in [0.25, 0.3) is 0 Å². The molecule has 38 heavy (non-hydrogen) atoms. The van der Waals surface area contributed by atoms with Gasteiger partial charge in [0.05, 0.1) is 28.8 Å². The number of likely N-dealkylation sites (N-methyl/N-ethyl adjacent to an activating group) is 1. The Morgan fingerprint density at radius 1 is 1.08 bits per heavy atom. The van der Waals surface area contributed by atoms with E-state index in [0.717, 1.165) is 90.2 Å². The van der Waals surface area contributed by atoms with E-state index >= 15 is 0 Å². The number of carbonyl (C=O) groups is 1. The lowest BCUT2D eigenvalue weighted by atomic mass is 9.85. The van der Waals surface area contributed by atoms with E-state index in [1.54, 1.807) is 12.4 Å². The Balaban J connectivity index is 1.22. The summed E-state index contributed by atoms with van der Waals surface area (Å²) in [4.78, 5) is 34.5. The molecule has 5 aromatic heterocycles. The monoisotopic (exact) mass is 507 g/mol. The highest BCUT2D eigenvalue weighted by atomic mass is 16.1. The molecule has 3 N–H and O–H groups in total. The Kier molecular flexibility index (Phi) is 5.54. The molecule has 2 fully saturated rings. The van der Waals surface area contributed by atoms with E-state index in [9.17, 15) is 4.79 Å². The number of nitrogens with one attached hydrogen (secondary N) is 3. The van der Waals surface area contributed by atoms with Crippen molar-refractivity contribution in [2.24, 2.45) is 5.92 Å². The molecule has 1 aliphatic heterocycles. The summed E-state index contributed by atoms with van der Waals surface area (Å²) in [6.45, 7) is 4.05. The van der Waals surface area contributed by atoms with Crippen LogP contribution in [-0.2, 0) is 4.79 Å². The minimum Gasteiger partial charge on any atom is -0.368 e. The van der Waals surface area contributed by atoms with Gasteiger partial charge in [-0.3, -0.25) is 14.9 Å². The minimum atomic E-state index is 0.0686. The van der Waals surface area contributed by atoms with Crippen molar-refractivity contribution in [3.05, 3.63) is 48.9 Å². The first-order valence-corrected chi connectivity index (χ1v) is 13.2. The molecule has 1 saturated carbocycles. The van der Waals surface area contributed by atoms with Gasteiger partial charge in [0, 0.05) is 61.1 Å². The van der Waals surface area contributed by atoms with Crippen LogP contribution < -0.4 is 10.2 Å². The van der Waals surface area contributed by atoms with E-state index in [1.807, 2.05) is 24.4 Å². The molecule has 10 nitrogen and oxygen atoms in total. The number of piperazine rings is 1. The Hall–Kier alpha value is -4.31. The maximum Gasteiger partial charge on any atom is 0.227 e. The molecule has 6 heterocycles. The average Bonchev–Trinajstić information content (AvgIpc) is 3.52. The molecule has 1 saturated heterocycles. The Morgan fingerprint density at radius 3 is 2.76 bits per heavy atom. The smallest absolute Gasteiger partial charge is 0.227 e. The average molecular weight is 508 g/mol. The molecule has 0 aromatic carbocycles. The van der Waals surface area contributed by atoms with Crippen LogP contribution >= 0.6 is 0 Å². The number of hydrogen-bond acceptors (Lipinski definition) is 7. The zero-order valence-corrected chi connectivity index (χ0v) is 21.2. The number of pyridine rings is 3. The van der Waals surface area contributed by atoms with Crippen molar-refractivity contribution < 1.29 is 4.79 Å². The molecule has 0 radical (unpaired) electrons. The Bertz CT molecular complexity index is 1640. The summed E-state index contributed by atoms with van der Waals surface area (Å²) in [5.41, 5.74) is 7.52. The van der Waals surface area contributed by atoms with E-state index in [2.05, 4.69) is 59.4 Å². The SMILES string of the molecule is CN1CCN(c2ccnc3[nH]c(-c4n[nH]c5ccc(-c6cncc(NC(=O)C7CCC7)c6)nc45)cc23)CC1. The topological polar surface area (TPSA) is 119 Å². The number of hydrogen-bond donors (Lipinski definition) is 3. The Labute approximate surface area is 219 Å². The van der Waals surface area contributed by atoms with E-state index in [4.69, 9.17) is 4.98 Å². The van der Waals surface area contributed by atoms with Crippen LogP contribution in [0.2, 0.25) is 0 Å². The number of amides is 1. The molecule has 0 atom stereocenters. The van der Waals surface area contributed by atoms with Crippen molar-refractivity contribution >= 4 is 39.3 Å². The lowest BCUT2D eigenvalue weighted by Crippen LogP contribution is -2.44. The first-order valence-electron chi connectivity index (χ1n) is 13.2. The van der Waals surface area contributed by atoms with Crippen LogP contribution in [0.15, 0.2) is 48.9 Å². The van der Waals surface area contributed by atoms with Crippen molar-refractivity contribution in [2.75, 3.05) is 43.4 Å². The summed E-state index contributed by atoms with van der Waals surface area (Å²) in [7, 11) is 2.16. The number of aromatic amines is 2. The standard InChI is InChI=1S/C28H29N9O/c1-36-9-11-37(12-10-36)24-7-8-30-27-20(24)14-23(33-27)26-25-22(34-35-26)6-5-21(32-25)18-13-19(16-29-15-18)31-28(38)17-3-2-4-17/h5-8,13-17H,2-4,9-12H2,1H3,(H,30,33)(H,31,38)(H,34,35). The van der Waals surface area contributed by atoms with Crippen LogP contribution in [-0.4, -0.2) is 74.2 Å². The van der Waals surface area contributed by atoms with E-state index in [1.165, 1.54) is 5.69 Å². The number of rotatable bonds is 5. The van der Waals surface area contributed by atoms with Crippen LogP contribution in [0.25, 0.3) is 44.7 Å². The normalized spacial score (nSPS) is 16.7. The van der Waals surface area contributed by atoms with Crippen LogP contribution in [0.4, 0.5) is 11.4 Å². The molecule has 10 heteroatoms. The third-order valence-electron chi connectivity index (χ3n) is 7.79. The molecule has 1 amide bonds. The molecule has 192 valence electrons. The lowest BCUT2D eigenvalue weighted by molar-refractivity contribution is -0.122. The first-order chi connectivity index (χ1) is 18.6. The van der Waals surface area contributed by atoms with Crippen LogP contribution in [0, 0.1) is 5.92 Å². The summed E-state index contributed by atoms with van der Waals surface area (Å²) in [6.07, 6.45) is 8.34. The fourth-order valence-corrected chi connectivity index (χ4v) is 5.27. The molecule has 0 spiro atoms. The summed E-state index contributed by atoms with van der Waals surface area (Å²) in [5, 5.41) is 11.8. The highest BCUT2D eigenvalue weighted by molar-refractivity contribution is 5.98. The van der Waals surface area contributed by atoms with Gasteiger partial charge in [0.2, 0.25) is 5.91 Å². The number of fused-ring (bicyclic) bond motifs is 2. The van der Waals surface area contributed by atoms with Crippen LogP contribution in [0.5, 0.6) is 0 Å². The summed E-state index contributed by atoms with van der Waals surface area (Å²) >= 11 is 0. The van der Waals surface area contributed by atoms with Gasteiger partial charge in [-0.25, -0.2) is 9.97 Å². The molecule has 1 aliphatic carbocycles. The van der Waals surface area contributed by atoms with Crippen molar-refractivity contribution in [2.45, 2.75) is 19.3 Å². The van der Waals surface area contributed by atoms with Crippen LogP contribution in [0.3, 0.4) is 0 Å². The zero-order chi connectivity index (χ0) is 25.6. The summed E-state index contributed by atoms with van der Waals surface area (Å²) in [5.74, 6) is 0.184. The maximum atomic E-state index is 12.4. The lowest BCUT2D eigenvalue weighted by Gasteiger charge is -2.34. The third kappa shape index (κ3) is 4.06. The molecule has 0 unspecified atom stereocenters. The number of carbonyl (C=O) groups excluding carboxylic acids is 1. The van der Waals surface area contributed by atoms with Gasteiger partial charge in [-0.15, -0.1) is 0 Å². The Morgan fingerprint density at radius 2 is 1.95 bits per heavy atom. The highest BCUT2D eigenvalue weighted by Crippen LogP contribution is 2.33. The fourth-order valence-electron chi connectivity index (χ4n) is 5.27. The molecular weight excluding hydrogens is 478 g/mol. The number of anilines is 2. The van der Waals surface area contributed by atoms with E-state index in [-0.39, 0.29) is 11.8 Å². The van der Waals surface area contributed by atoms with Crippen molar-refractivity contribution in [3.8, 4) is 22.6 Å². The van der Waals surface area contributed by atoms with E-state index in [0.29, 0.717) is 5.69 Å². The van der Waals surface area contributed by atoms with Crippen molar-refractivity contribution in [3.63, 3.8) is 0 Å². The van der Waals surface area contributed by atoms with Crippen molar-refractivity contribution in [1.29, 1.82) is 0 Å². The fraction of sp³-hybridized carbons (Fsp3) is 0.321. The summed E-state index contributed by atoms with van der Waals surface area (Å²) in [6, 6.07) is 10.1. The second-order valence-electron chi connectivity index (χ2n) is 10.3. The van der Waals surface area contributed by atoms with Gasteiger partial charge in [-0.1, -0.05) is 6.42 Å². The summed E-state index contributed by atoms with van der Waals surface area (Å²) < 4.78 is 0.